The number of aliphatic hydroxyl groups is 1. The van der Waals surface area contributed by atoms with E-state index in [9.17, 15) is 4.79 Å². The molecule has 0 radical (unpaired) electrons. The van der Waals surface area contributed by atoms with Crippen LogP contribution in [0.1, 0.15) is 0 Å². The summed E-state index contributed by atoms with van der Waals surface area (Å²) < 4.78 is 6.61. The Morgan fingerprint density at radius 3 is 3.11 bits per heavy atom. The van der Waals surface area contributed by atoms with Gasteiger partial charge < -0.3 is 20.5 Å². The van der Waals surface area contributed by atoms with E-state index in [4.69, 9.17) is 27.2 Å². The Balaban J connectivity index is 2.25. The van der Waals surface area contributed by atoms with Crippen LogP contribution in [0.25, 0.3) is 0 Å². The molecule has 7 nitrogen and oxygen atoms in total. The van der Waals surface area contributed by atoms with E-state index in [0.29, 0.717) is 31.9 Å². The van der Waals surface area contributed by atoms with E-state index in [2.05, 4.69) is 5.10 Å². The number of rotatable bonds is 4. The van der Waals surface area contributed by atoms with Gasteiger partial charge in [0, 0.05) is 19.6 Å². The zero-order valence-electron chi connectivity index (χ0n) is 10.5. The average molecular weight is 289 g/mol. The van der Waals surface area contributed by atoms with E-state index in [1.165, 1.54) is 6.20 Å². The van der Waals surface area contributed by atoms with E-state index < -0.39 is 5.56 Å². The molecule has 1 aromatic rings. The van der Waals surface area contributed by atoms with Crippen LogP contribution in [0.4, 0.5) is 5.69 Å². The first kappa shape index (κ1) is 14.3. The van der Waals surface area contributed by atoms with Gasteiger partial charge in [-0.3, -0.25) is 4.79 Å². The number of anilines is 1. The Morgan fingerprint density at radius 2 is 2.42 bits per heavy atom. The van der Waals surface area contributed by atoms with E-state index in [1.54, 1.807) is 0 Å². The van der Waals surface area contributed by atoms with Crippen LogP contribution in [0.2, 0.25) is 5.02 Å². The highest BCUT2D eigenvalue weighted by atomic mass is 35.5. The van der Waals surface area contributed by atoms with Crippen molar-refractivity contribution in [3.05, 3.63) is 21.6 Å². The standard InChI is InChI=1S/C11H17ClN4O3/c12-10-9(6-14-16(1-3-17)11(10)18)15-2-4-19-8(5-13)7-15/h6,8,17H,1-5,7,13H2. The summed E-state index contributed by atoms with van der Waals surface area (Å²) in [4.78, 5) is 13.9. The molecule has 3 N–H and O–H groups in total. The first-order chi connectivity index (χ1) is 9.17. The second kappa shape index (κ2) is 6.33. The van der Waals surface area contributed by atoms with Gasteiger partial charge in [0.1, 0.15) is 5.02 Å². The molecule has 0 aromatic carbocycles. The molecule has 1 atom stereocenters. The number of nitrogens with zero attached hydrogens (tertiary/aromatic N) is 3. The molecule has 0 amide bonds. The van der Waals surface area contributed by atoms with Gasteiger partial charge in [0.25, 0.3) is 5.56 Å². The first-order valence-corrected chi connectivity index (χ1v) is 6.48. The molecule has 2 rings (SSSR count). The van der Waals surface area contributed by atoms with Gasteiger partial charge >= 0.3 is 0 Å². The first-order valence-electron chi connectivity index (χ1n) is 6.10. The molecule has 1 saturated heterocycles. The lowest BCUT2D eigenvalue weighted by Gasteiger charge is -2.34. The molecule has 0 bridgehead atoms. The third-order valence-electron chi connectivity index (χ3n) is 3.02. The highest BCUT2D eigenvalue weighted by Crippen LogP contribution is 2.22. The van der Waals surface area contributed by atoms with Crippen LogP contribution in [0, 0.1) is 0 Å². The van der Waals surface area contributed by atoms with Crippen LogP contribution in [-0.4, -0.2) is 53.8 Å². The zero-order chi connectivity index (χ0) is 13.8. The minimum Gasteiger partial charge on any atom is -0.394 e. The second-order valence-electron chi connectivity index (χ2n) is 4.27. The zero-order valence-corrected chi connectivity index (χ0v) is 11.2. The van der Waals surface area contributed by atoms with Crippen molar-refractivity contribution in [3.8, 4) is 0 Å². The summed E-state index contributed by atoms with van der Waals surface area (Å²) in [6.07, 6.45) is 1.47. The lowest BCUT2D eigenvalue weighted by atomic mass is 10.2. The van der Waals surface area contributed by atoms with Crippen molar-refractivity contribution in [2.45, 2.75) is 12.6 Å². The Labute approximate surface area is 115 Å². The maximum absolute atomic E-state index is 11.9. The van der Waals surface area contributed by atoms with Gasteiger partial charge in [-0.05, 0) is 0 Å². The maximum atomic E-state index is 11.9. The molecule has 1 aliphatic heterocycles. The van der Waals surface area contributed by atoms with Crippen LogP contribution >= 0.6 is 11.6 Å². The van der Waals surface area contributed by atoms with E-state index in [0.717, 1.165) is 4.68 Å². The van der Waals surface area contributed by atoms with Crippen LogP contribution in [0.3, 0.4) is 0 Å². The lowest BCUT2D eigenvalue weighted by Crippen LogP contribution is -2.46. The number of nitrogens with two attached hydrogens (primary N) is 1. The second-order valence-corrected chi connectivity index (χ2v) is 4.65. The largest absolute Gasteiger partial charge is 0.394 e. The molecule has 1 aromatic heterocycles. The average Bonchev–Trinajstić information content (AvgIpc) is 2.44. The molecular formula is C11H17ClN4O3. The lowest BCUT2D eigenvalue weighted by molar-refractivity contribution is 0.0465. The van der Waals surface area contributed by atoms with Gasteiger partial charge in [0.05, 0.1) is 37.7 Å². The van der Waals surface area contributed by atoms with Gasteiger partial charge in [0.15, 0.2) is 0 Å². The van der Waals surface area contributed by atoms with Crippen LogP contribution in [0.5, 0.6) is 0 Å². The quantitative estimate of drug-likeness (QED) is 0.742. The minimum absolute atomic E-state index is 0.0651. The molecule has 1 unspecified atom stereocenters. The Hall–Kier alpha value is -1.15. The van der Waals surface area contributed by atoms with Gasteiger partial charge in [0.2, 0.25) is 0 Å². The Morgan fingerprint density at radius 1 is 1.63 bits per heavy atom. The molecule has 0 aliphatic carbocycles. The van der Waals surface area contributed by atoms with Crippen LogP contribution in [0.15, 0.2) is 11.0 Å². The van der Waals surface area contributed by atoms with Crippen molar-refractivity contribution in [2.24, 2.45) is 5.73 Å². The minimum atomic E-state index is -0.399. The maximum Gasteiger partial charge on any atom is 0.287 e. The predicted octanol–water partition coefficient (Wildman–Crippen LogP) is -0.947. The number of hydrogen-bond donors (Lipinski definition) is 2. The number of ether oxygens (including phenoxy) is 1. The highest BCUT2D eigenvalue weighted by molar-refractivity contribution is 6.33. The van der Waals surface area contributed by atoms with Crippen molar-refractivity contribution in [3.63, 3.8) is 0 Å². The van der Waals surface area contributed by atoms with E-state index in [-0.39, 0.29) is 24.3 Å². The molecule has 19 heavy (non-hydrogen) atoms. The van der Waals surface area contributed by atoms with Gasteiger partial charge in [-0.25, -0.2) is 4.68 Å². The molecule has 0 saturated carbocycles. The van der Waals surface area contributed by atoms with Crippen LogP contribution in [-0.2, 0) is 11.3 Å². The summed E-state index contributed by atoms with van der Waals surface area (Å²) in [6, 6.07) is 0. The topological polar surface area (TPSA) is 93.6 Å². The monoisotopic (exact) mass is 288 g/mol. The molecule has 8 heteroatoms. The Bertz CT molecular complexity index is 493. The Kier molecular flexibility index (Phi) is 4.76. The molecule has 1 aliphatic rings. The predicted molar refractivity (Wildman–Crippen MR) is 71.6 cm³/mol. The summed E-state index contributed by atoms with van der Waals surface area (Å²) >= 11 is 6.09. The fourth-order valence-electron chi connectivity index (χ4n) is 2.01. The smallest absolute Gasteiger partial charge is 0.287 e. The van der Waals surface area contributed by atoms with Crippen molar-refractivity contribution in [2.75, 3.05) is 37.7 Å². The highest BCUT2D eigenvalue weighted by Gasteiger charge is 2.22. The van der Waals surface area contributed by atoms with Crippen molar-refractivity contribution in [1.82, 2.24) is 9.78 Å². The van der Waals surface area contributed by atoms with Crippen LogP contribution < -0.4 is 16.2 Å². The van der Waals surface area contributed by atoms with Gasteiger partial charge in [-0.2, -0.15) is 5.10 Å². The summed E-state index contributed by atoms with van der Waals surface area (Å²) in [5.41, 5.74) is 5.77. The third kappa shape index (κ3) is 3.06. The molecular weight excluding hydrogens is 272 g/mol. The number of aromatic nitrogens is 2. The third-order valence-corrected chi connectivity index (χ3v) is 3.38. The molecule has 2 heterocycles. The number of morpholine rings is 1. The molecule has 0 spiro atoms. The number of hydrogen-bond acceptors (Lipinski definition) is 6. The van der Waals surface area contributed by atoms with Crippen molar-refractivity contribution >= 4 is 17.3 Å². The fraction of sp³-hybridized carbons (Fsp3) is 0.636. The number of aliphatic hydroxyl groups excluding tert-OH is 1. The summed E-state index contributed by atoms with van der Waals surface area (Å²) in [5.74, 6) is 0. The normalized spacial score (nSPS) is 19.7. The van der Waals surface area contributed by atoms with Crippen molar-refractivity contribution < 1.29 is 9.84 Å². The summed E-state index contributed by atoms with van der Waals surface area (Å²) in [6.45, 7) is 2.16. The summed E-state index contributed by atoms with van der Waals surface area (Å²) in [5, 5.41) is 12.9. The number of halogens is 1. The van der Waals surface area contributed by atoms with Gasteiger partial charge in [-0.15, -0.1) is 0 Å². The fourth-order valence-corrected chi connectivity index (χ4v) is 2.28. The summed E-state index contributed by atoms with van der Waals surface area (Å²) in [7, 11) is 0. The van der Waals surface area contributed by atoms with E-state index in [1.807, 2.05) is 4.90 Å². The van der Waals surface area contributed by atoms with Gasteiger partial charge in [-0.1, -0.05) is 11.6 Å². The van der Waals surface area contributed by atoms with E-state index >= 15 is 0 Å². The molecule has 1 fully saturated rings. The molecule has 106 valence electrons. The van der Waals surface area contributed by atoms with Crippen molar-refractivity contribution in [1.29, 1.82) is 0 Å². The SMILES string of the molecule is NCC1CN(c2cnn(CCO)c(=O)c2Cl)CCO1.